The van der Waals surface area contributed by atoms with Gasteiger partial charge in [-0.2, -0.15) is 0 Å². The molecule has 1 saturated heterocycles. The van der Waals surface area contributed by atoms with Gasteiger partial charge in [0.15, 0.2) is 16.7 Å². The molecule has 0 spiro atoms. The smallest absolute Gasteiger partial charge is 0.272 e. The van der Waals surface area contributed by atoms with Crippen LogP contribution in [0.4, 0.5) is 0 Å². The Morgan fingerprint density at radius 2 is 2.05 bits per heavy atom. The number of carbonyl (C=O) groups is 1. The number of carbonyl (C=O) groups excluding carboxylic acids is 1. The van der Waals surface area contributed by atoms with Crippen LogP contribution >= 0.6 is 23.1 Å². The molecule has 1 atom stereocenters. The Morgan fingerprint density at radius 1 is 1.22 bits per heavy atom. The fraction of sp³-hybridized carbons (Fsp3) is 0.370. The highest BCUT2D eigenvalue weighted by Crippen LogP contribution is 2.32. The Kier molecular flexibility index (Phi) is 7.97. The number of aryl methyl sites for hydroxylation is 1. The van der Waals surface area contributed by atoms with E-state index in [0.717, 1.165) is 35.1 Å². The van der Waals surface area contributed by atoms with Crippen LogP contribution in [0.2, 0.25) is 0 Å². The summed E-state index contributed by atoms with van der Waals surface area (Å²) < 4.78 is 19.7. The third kappa shape index (κ3) is 5.61. The second kappa shape index (κ2) is 11.5. The number of nitrogens with one attached hydrogen (secondary N) is 1. The van der Waals surface area contributed by atoms with Gasteiger partial charge in [-0.15, -0.1) is 11.3 Å². The van der Waals surface area contributed by atoms with Crippen molar-refractivity contribution in [3.05, 3.63) is 58.4 Å². The first-order valence-corrected chi connectivity index (χ1v) is 14.0. The molecule has 1 aliphatic rings. The third-order valence-corrected chi connectivity index (χ3v) is 8.53. The van der Waals surface area contributed by atoms with E-state index in [1.807, 2.05) is 42.5 Å². The molecule has 0 unspecified atom stereocenters. The molecule has 2 aromatic heterocycles. The van der Waals surface area contributed by atoms with Gasteiger partial charge in [0.2, 0.25) is 5.91 Å². The van der Waals surface area contributed by atoms with Gasteiger partial charge < -0.3 is 19.5 Å². The van der Waals surface area contributed by atoms with Gasteiger partial charge in [-0.25, -0.2) is 4.98 Å². The van der Waals surface area contributed by atoms with E-state index in [1.54, 1.807) is 18.8 Å². The Balaban J connectivity index is 1.41. The Bertz CT molecular complexity index is 1480. The minimum Gasteiger partial charge on any atom is -0.493 e. The molecule has 1 aliphatic heterocycles. The van der Waals surface area contributed by atoms with E-state index in [-0.39, 0.29) is 23.3 Å². The lowest BCUT2D eigenvalue weighted by Crippen LogP contribution is -2.33. The second-order valence-electron chi connectivity index (χ2n) is 8.79. The number of ether oxygens (including phenoxy) is 3. The molecule has 0 saturated carbocycles. The van der Waals surface area contributed by atoms with Crippen LogP contribution in [0.25, 0.3) is 20.3 Å². The molecule has 0 aliphatic carbocycles. The molecule has 1 fully saturated rings. The summed E-state index contributed by atoms with van der Waals surface area (Å²) in [4.78, 5) is 31.1. The number of rotatable bonds is 10. The fourth-order valence-corrected chi connectivity index (χ4v) is 6.39. The lowest BCUT2D eigenvalue weighted by molar-refractivity contribution is -0.119. The molecular weight excluding hydrogens is 510 g/mol. The standard InChI is InChI=1S/C27H29N3O5S2/c1-33-20-10-9-17(14-21(20)34-2)11-12-30-26(32)25-24(19-7-3-4-8-22(19)37-25)29-27(30)36-16-23(31)28-15-18-6-5-13-35-18/h3-4,7-10,14,18H,5-6,11-13,15-16H2,1-2H3,(H,28,31)/t18-/m1/s1. The molecule has 8 nitrogen and oxygen atoms in total. The highest BCUT2D eigenvalue weighted by Gasteiger charge is 2.19. The average Bonchev–Trinajstić information content (AvgIpc) is 3.58. The van der Waals surface area contributed by atoms with Crippen molar-refractivity contribution in [1.29, 1.82) is 0 Å². The quantitative estimate of drug-likeness (QED) is 0.238. The number of benzene rings is 2. The molecule has 10 heteroatoms. The van der Waals surface area contributed by atoms with Gasteiger partial charge >= 0.3 is 0 Å². The molecule has 37 heavy (non-hydrogen) atoms. The van der Waals surface area contributed by atoms with Crippen LogP contribution in [0.3, 0.4) is 0 Å². The summed E-state index contributed by atoms with van der Waals surface area (Å²) in [5, 5.41) is 4.44. The van der Waals surface area contributed by atoms with E-state index in [1.165, 1.54) is 23.1 Å². The minimum absolute atomic E-state index is 0.0836. The molecule has 194 valence electrons. The summed E-state index contributed by atoms with van der Waals surface area (Å²) >= 11 is 2.74. The van der Waals surface area contributed by atoms with Crippen LogP contribution in [0.1, 0.15) is 18.4 Å². The van der Waals surface area contributed by atoms with Crippen LogP contribution in [-0.2, 0) is 22.5 Å². The van der Waals surface area contributed by atoms with Crippen LogP contribution in [0.15, 0.2) is 52.4 Å². The van der Waals surface area contributed by atoms with Crippen molar-refractivity contribution in [3.8, 4) is 11.5 Å². The van der Waals surface area contributed by atoms with E-state index in [4.69, 9.17) is 19.2 Å². The normalized spacial score (nSPS) is 15.4. The molecule has 3 heterocycles. The maximum Gasteiger partial charge on any atom is 0.272 e. The van der Waals surface area contributed by atoms with Crippen molar-refractivity contribution >= 4 is 49.3 Å². The summed E-state index contributed by atoms with van der Waals surface area (Å²) in [5.74, 6) is 1.37. The summed E-state index contributed by atoms with van der Waals surface area (Å²) in [5.41, 5.74) is 1.61. The third-order valence-electron chi connectivity index (χ3n) is 6.40. The number of methoxy groups -OCH3 is 2. The number of thiophene rings is 1. The topological polar surface area (TPSA) is 91.7 Å². The number of hydrogen-bond acceptors (Lipinski definition) is 8. The first-order valence-electron chi connectivity index (χ1n) is 12.2. The number of amides is 1. The van der Waals surface area contributed by atoms with E-state index >= 15 is 0 Å². The Morgan fingerprint density at radius 3 is 2.84 bits per heavy atom. The molecular formula is C27H29N3O5S2. The van der Waals surface area contributed by atoms with Gasteiger partial charge in [-0.05, 0) is 43.0 Å². The minimum atomic E-state index is -0.100. The van der Waals surface area contributed by atoms with Crippen LogP contribution in [-0.4, -0.2) is 54.7 Å². The Labute approximate surface area is 222 Å². The van der Waals surface area contributed by atoms with Crippen molar-refractivity contribution in [2.75, 3.05) is 33.1 Å². The molecule has 1 N–H and O–H groups in total. The van der Waals surface area contributed by atoms with Gasteiger partial charge in [0.25, 0.3) is 5.56 Å². The molecule has 4 aromatic rings. The van der Waals surface area contributed by atoms with Crippen LogP contribution < -0.4 is 20.3 Å². The van der Waals surface area contributed by atoms with Gasteiger partial charge in [-0.1, -0.05) is 36.0 Å². The monoisotopic (exact) mass is 539 g/mol. The molecule has 5 rings (SSSR count). The lowest BCUT2D eigenvalue weighted by atomic mass is 10.1. The van der Waals surface area contributed by atoms with Gasteiger partial charge in [0.1, 0.15) is 4.70 Å². The summed E-state index contributed by atoms with van der Waals surface area (Å²) in [6.45, 7) is 1.68. The van der Waals surface area contributed by atoms with Crippen molar-refractivity contribution in [1.82, 2.24) is 14.9 Å². The van der Waals surface area contributed by atoms with Gasteiger partial charge in [-0.3, -0.25) is 14.2 Å². The maximum atomic E-state index is 13.7. The summed E-state index contributed by atoms with van der Waals surface area (Å²) in [6.07, 6.45) is 2.67. The highest BCUT2D eigenvalue weighted by molar-refractivity contribution is 7.99. The molecule has 1 amide bonds. The van der Waals surface area contributed by atoms with E-state index < -0.39 is 0 Å². The molecule has 2 aromatic carbocycles. The van der Waals surface area contributed by atoms with E-state index in [9.17, 15) is 9.59 Å². The number of nitrogens with zero attached hydrogens (tertiary/aromatic N) is 2. The van der Waals surface area contributed by atoms with E-state index in [0.29, 0.717) is 46.4 Å². The second-order valence-corrected chi connectivity index (χ2v) is 10.8. The number of fused-ring (bicyclic) bond motifs is 3. The van der Waals surface area contributed by atoms with Crippen LogP contribution in [0.5, 0.6) is 11.5 Å². The van der Waals surface area contributed by atoms with Crippen molar-refractivity contribution in [2.24, 2.45) is 0 Å². The maximum absolute atomic E-state index is 13.7. The van der Waals surface area contributed by atoms with Crippen molar-refractivity contribution < 1.29 is 19.0 Å². The van der Waals surface area contributed by atoms with Gasteiger partial charge in [0, 0.05) is 29.8 Å². The van der Waals surface area contributed by atoms with E-state index in [2.05, 4.69) is 5.32 Å². The van der Waals surface area contributed by atoms with Crippen molar-refractivity contribution in [2.45, 2.75) is 37.1 Å². The first-order chi connectivity index (χ1) is 18.1. The zero-order chi connectivity index (χ0) is 25.8. The number of hydrogen-bond donors (Lipinski definition) is 1. The SMILES string of the molecule is COc1ccc(CCn2c(SCC(=O)NC[C@H]3CCCO3)nc3c(sc4ccccc43)c2=O)cc1OC. The van der Waals surface area contributed by atoms with Crippen molar-refractivity contribution in [3.63, 3.8) is 0 Å². The largest absolute Gasteiger partial charge is 0.493 e. The molecule has 0 radical (unpaired) electrons. The fourth-order valence-electron chi connectivity index (χ4n) is 4.45. The number of thioether (sulfide) groups is 1. The zero-order valence-electron chi connectivity index (χ0n) is 20.8. The summed E-state index contributed by atoms with van der Waals surface area (Å²) in [7, 11) is 3.20. The lowest BCUT2D eigenvalue weighted by Gasteiger charge is -2.14. The predicted octanol–water partition coefficient (Wildman–Crippen LogP) is 4.26. The van der Waals surface area contributed by atoms with Gasteiger partial charge in [0.05, 0.1) is 31.6 Å². The predicted molar refractivity (Wildman–Crippen MR) is 147 cm³/mol. The molecule has 0 bridgehead atoms. The summed E-state index contributed by atoms with van der Waals surface area (Å²) in [6, 6.07) is 13.6. The average molecular weight is 540 g/mol. The first kappa shape index (κ1) is 25.6. The zero-order valence-corrected chi connectivity index (χ0v) is 22.5. The highest BCUT2D eigenvalue weighted by atomic mass is 32.2. The number of aromatic nitrogens is 2. The Hall–Kier alpha value is -3.08. The van der Waals surface area contributed by atoms with Crippen LogP contribution in [0, 0.1) is 0 Å².